The summed E-state index contributed by atoms with van der Waals surface area (Å²) >= 11 is 1.23. The Bertz CT molecular complexity index is 704. The molecule has 1 aromatic carbocycles. The fraction of sp³-hybridized carbons (Fsp3) is 0.273. The van der Waals surface area contributed by atoms with E-state index in [2.05, 4.69) is 5.10 Å². The normalized spacial score (nSPS) is 11.6. The van der Waals surface area contributed by atoms with Gasteiger partial charge >= 0.3 is 0 Å². The summed E-state index contributed by atoms with van der Waals surface area (Å²) in [6.07, 6.45) is 0.230. The molecule has 1 aromatic heterocycles. The quantitative estimate of drug-likeness (QED) is 0.815. The molecule has 2 aromatic rings. The molecule has 0 bridgehead atoms. The van der Waals surface area contributed by atoms with Crippen LogP contribution in [0.4, 0.5) is 0 Å². The second-order valence-electron chi connectivity index (χ2n) is 3.94. The number of benzene rings is 1. The number of hydrogen-bond donors (Lipinski definition) is 2. The van der Waals surface area contributed by atoms with E-state index in [1.54, 1.807) is 0 Å². The molecule has 0 saturated heterocycles. The smallest absolute Gasteiger partial charge is 0.264 e. The monoisotopic (exact) mass is 299 g/mol. The van der Waals surface area contributed by atoms with Crippen molar-refractivity contribution in [1.82, 2.24) is 9.78 Å². The van der Waals surface area contributed by atoms with Crippen LogP contribution in [0.5, 0.6) is 0 Å². The molecular weight excluding hydrogens is 286 g/mol. The predicted molar refractivity (Wildman–Crippen MR) is 72.4 cm³/mol. The van der Waals surface area contributed by atoms with Crippen LogP contribution in [-0.4, -0.2) is 28.5 Å². The molecule has 0 amide bonds. The van der Waals surface area contributed by atoms with Crippen LogP contribution in [0.15, 0.2) is 30.3 Å². The summed E-state index contributed by atoms with van der Waals surface area (Å²) in [4.78, 5) is 0.259. The molecule has 19 heavy (non-hydrogen) atoms. The molecule has 0 saturated carbocycles. The molecule has 0 unspecified atom stereocenters. The van der Waals surface area contributed by atoms with Crippen molar-refractivity contribution in [2.45, 2.75) is 13.0 Å². The van der Waals surface area contributed by atoms with Gasteiger partial charge < -0.3 is 0 Å². The summed E-state index contributed by atoms with van der Waals surface area (Å²) in [5.41, 5.74) is 0.925. The van der Waals surface area contributed by atoms with Gasteiger partial charge in [-0.05, 0) is 6.42 Å². The van der Waals surface area contributed by atoms with E-state index in [0.29, 0.717) is 6.54 Å². The standard InChI is InChI=1S/C11H13N3O3S2/c12-11-14(7-4-8-19(15,16)17)13-10(18-11)9-5-2-1-3-6-9/h1-3,5-6,12H,4,7-8H2,(H,15,16,17). The van der Waals surface area contributed by atoms with E-state index in [1.165, 1.54) is 16.0 Å². The van der Waals surface area contributed by atoms with Crippen molar-refractivity contribution in [3.05, 3.63) is 35.1 Å². The Morgan fingerprint density at radius 3 is 2.63 bits per heavy atom. The van der Waals surface area contributed by atoms with Crippen LogP contribution in [0.1, 0.15) is 6.42 Å². The highest BCUT2D eigenvalue weighted by Crippen LogP contribution is 2.18. The first-order valence-electron chi connectivity index (χ1n) is 5.59. The third-order valence-electron chi connectivity index (χ3n) is 2.43. The van der Waals surface area contributed by atoms with Crippen molar-refractivity contribution < 1.29 is 13.0 Å². The highest BCUT2D eigenvalue weighted by Gasteiger charge is 2.08. The van der Waals surface area contributed by atoms with Gasteiger partial charge in [-0.2, -0.15) is 13.5 Å². The Hall–Kier alpha value is -1.51. The van der Waals surface area contributed by atoms with Crippen molar-refractivity contribution in [1.29, 1.82) is 5.41 Å². The van der Waals surface area contributed by atoms with Crippen molar-refractivity contribution >= 4 is 21.5 Å². The third-order valence-corrected chi connectivity index (χ3v) is 4.15. The molecule has 0 aliphatic rings. The van der Waals surface area contributed by atoms with Crippen LogP contribution in [0.2, 0.25) is 0 Å². The molecule has 6 nitrogen and oxygen atoms in total. The largest absolute Gasteiger partial charge is 0.286 e. The van der Waals surface area contributed by atoms with E-state index >= 15 is 0 Å². The van der Waals surface area contributed by atoms with Gasteiger partial charge in [-0.3, -0.25) is 9.96 Å². The average Bonchev–Trinajstić information content (AvgIpc) is 2.71. The summed E-state index contributed by atoms with van der Waals surface area (Å²) in [6, 6.07) is 9.49. The van der Waals surface area contributed by atoms with Crippen LogP contribution < -0.4 is 4.80 Å². The van der Waals surface area contributed by atoms with Gasteiger partial charge in [-0.15, -0.1) is 0 Å². The first-order chi connectivity index (χ1) is 8.96. The fourth-order valence-electron chi connectivity index (χ4n) is 1.57. The van der Waals surface area contributed by atoms with Gasteiger partial charge in [0.2, 0.25) is 4.80 Å². The molecule has 0 atom stereocenters. The number of rotatable bonds is 5. The molecule has 102 valence electrons. The van der Waals surface area contributed by atoms with Crippen molar-refractivity contribution in [2.24, 2.45) is 0 Å². The first kappa shape index (κ1) is 13.9. The van der Waals surface area contributed by atoms with E-state index < -0.39 is 10.1 Å². The minimum atomic E-state index is -3.95. The van der Waals surface area contributed by atoms with E-state index in [-0.39, 0.29) is 17.0 Å². The highest BCUT2D eigenvalue weighted by molar-refractivity contribution is 7.85. The summed E-state index contributed by atoms with van der Waals surface area (Å²) in [5, 5.41) is 12.8. The van der Waals surface area contributed by atoms with Crippen LogP contribution in [-0.2, 0) is 16.7 Å². The molecule has 2 rings (SSSR count). The Balaban J connectivity index is 2.12. The zero-order chi connectivity index (χ0) is 13.9. The van der Waals surface area contributed by atoms with Gasteiger partial charge in [-0.1, -0.05) is 41.7 Å². The van der Waals surface area contributed by atoms with Crippen molar-refractivity contribution in [3.63, 3.8) is 0 Å². The molecule has 8 heteroatoms. The number of aryl methyl sites for hydroxylation is 1. The van der Waals surface area contributed by atoms with Crippen molar-refractivity contribution in [2.75, 3.05) is 5.75 Å². The maximum Gasteiger partial charge on any atom is 0.264 e. The van der Waals surface area contributed by atoms with Gasteiger partial charge in [0.15, 0.2) is 0 Å². The maximum atomic E-state index is 10.6. The maximum absolute atomic E-state index is 10.6. The first-order valence-corrected chi connectivity index (χ1v) is 8.01. The van der Waals surface area contributed by atoms with E-state index in [1.807, 2.05) is 30.3 Å². The fourth-order valence-corrected chi connectivity index (χ4v) is 2.87. The minimum absolute atomic E-state index is 0.230. The summed E-state index contributed by atoms with van der Waals surface area (Å²) in [6.45, 7) is 0.294. The summed E-state index contributed by atoms with van der Waals surface area (Å²) in [7, 11) is -3.95. The van der Waals surface area contributed by atoms with Crippen LogP contribution in [0, 0.1) is 5.41 Å². The third kappa shape index (κ3) is 3.98. The number of nitrogens with zero attached hydrogens (tertiary/aromatic N) is 2. The molecule has 0 aliphatic heterocycles. The Morgan fingerprint density at radius 2 is 2.00 bits per heavy atom. The topological polar surface area (TPSA) is 96.0 Å². The minimum Gasteiger partial charge on any atom is -0.286 e. The second-order valence-corrected chi connectivity index (χ2v) is 6.49. The van der Waals surface area contributed by atoms with Gasteiger partial charge in [0.1, 0.15) is 5.01 Å². The Kier molecular flexibility index (Phi) is 4.13. The SMILES string of the molecule is N=c1sc(-c2ccccc2)nn1CCCS(=O)(=O)O. The summed E-state index contributed by atoms with van der Waals surface area (Å²) < 4.78 is 31.3. The number of hydrogen-bond acceptors (Lipinski definition) is 5. The molecule has 0 radical (unpaired) electrons. The number of nitrogens with one attached hydrogen (secondary N) is 1. The lowest BCUT2D eigenvalue weighted by Gasteiger charge is -1.99. The van der Waals surface area contributed by atoms with E-state index in [0.717, 1.165) is 10.6 Å². The molecular formula is C11H13N3O3S2. The predicted octanol–water partition coefficient (Wildman–Crippen LogP) is 1.37. The van der Waals surface area contributed by atoms with Crippen LogP contribution in [0.25, 0.3) is 10.6 Å². The molecule has 0 spiro atoms. The lowest BCUT2D eigenvalue weighted by atomic mass is 10.2. The van der Waals surface area contributed by atoms with Crippen LogP contribution >= 0.6 is 11.3 Å². The highest BCUT2D eigenvalue weighted by atomic mass is 32.2. The lowest BCUT2D eigenvalue weighted by Crippen LogP contribution is -2.17. The molecule has 0 aliphatic carbocycles. The molecule has 1 heterocycles. The average molecular weight is 299 g/mol. The molecule has 0 fully saturated rings. The Labute approximate surface area is 114 Å². The van der Waals surface area contributed by atoms with Crippen LogP contribution in [0.3, 0.4) is 0 Å². The van der Waals surface area contributed by atoms with Gasteiger partial charge in [0.25, 0.3) is 10.1 Å². The Morgan fingerprint density at radius 1 is 1.32 bits per heavy atom. The summed E-state index contributed by atoms with van der Waals surface area (Å²) in [5.74, 6) is -0.322. The van der Waals surface area contributed by atoms with Gasteiger partial charge in [-0.25, -0.2) is 4.68 Å². The van der Waals surface area contributed by atoms with Gasteiger partial charge in [0.05, 0.1) is 5.75 Å². The second kappa shape index (κ2) is 5.64. The molecule has 2 N–H and O–H groups in total. The lowest BCUT2D eigenvalue weighted by molar-refractivity contribution is 0.475. The number of aromatic nitrogens is 2. The zero-order valence-corrected chi connectivity index (χ0v) is 11.6. The van der Waals surface area contributed by atoms with E-state index in [4.69, 9.17) is 9.96 Å². The van der Waals surface area contributed by atoms with Crippen molar-refractivity contribution in [3.8, 4) is 10.6 Å². The van der Waals surface area contributed by atoms with Gasteiger partial charge in [0, 0.05) is 12.1 Å². The van der Waals surface area contributed by atoms with E-state index in [9.17, 15) is 8.42 Å². The zero-order valence-electron chi connectivity index (χ0n) is 9.98.